The first-order chi connectivity index (χ1) is 7.03. The standard InChI is InChI=1S/C12H17BrO2/c1-12(2,8-13)9-5-10(14-3)7-11(6-9)15-4/h5-7H,8H2,1-4H3. The summed E-state index contributed by atoms with van der Waals surface area (Å²) in [6.45, 7) is 4.35. The van der Waals surface area contributed by atoms with Gasteiger partial charge in [-0.05, 0) is 23.1 Å². The van der Waals surface area contributed by atoms with E-state index in [1.807, 2.05) is 18.2 Å². The van der Waals surface area contributed by atoms with E-state index >= 15 is 0 Å². The van der Waals surface area contributed by atoms with Crippen LogP contribution in [-0.4, -0.2) is 19.5 Å². The number of benzene rings is 1. The van der Waals surface area contributed by atoms with E-state index in [0.29, 0.717) is 0 Å². The second-order valence-electron chi connectivity index (χ2n) is 4.12. The molecule has 0 bridgehead atoms. The first-order valence-corrected chi connectivity index (χ1v) is 5.95. The Balaban J connectivity index is 3.18. The van der Waals surface area contributed by atoms with Gasteiger partial charge in [0.25, 0.3) is 0 Å². The van der Waals surface area contributed by atoms with E-state index in [1.165, 1.54) is 5.56 Å². The molecule has 1 rings (SSSR count). The number of ether oxygens (including phenoxy) is 2. The third-order valence-corrected chi connectivity index (χ3v) is 3.87. The molecule has 0 saturated carbocycles. The van der Waals surface area contributed by atoms with Crippen molar-refractivity contribution in [1.29, 1.82) is 0 Å². The van der Waals surface area contributed by atoms with Crippen molar-refractivity contribution in [2.45, 2.75) is 19.3 Å². The number of hydrogen-bond acceptors (Lipinski definition) is 2. The molecule has 84 valence electrons. The number of hydrogen-bond donors (Lipinski definition) is 0. The van der Waals surface area contributed by atoms with Crippen LogP contribution in [0.2, 0.25) is 0 Å². The highest BCUT2D eigenvalue weighted by molar-refractivity contribution is 9.09. The van der Waals surface area contributed by atoms with Gasteiger partial charge < -0.3 is 9.47 Å². The predicted octanol–water partition coefficient (Wildman–Crippen LogP) is 3.38. The summed E-state index contributed by atoms with van der Waals surface area (Å²) in [4.78, 5) is 0. The van der Waals surface area contributed by atoms with Crippen LogP contribution in [0.15, 0.2) is 18.2 Å². The van der Waals surface area contributed by atoms with Crippen LogP contribution in [0.5, 0.6) is 11.5 Å². The summed E-state index contributed by atoms with van der Waals surface area (Å²) in [7, 11) is 3.33. The summed E-state index contributed by atoms with van der Waals surface area (Å²) < 4.78 is 10.5. The number of halogens is 1. The van der Waals surface area contributed by atoms with Crippen LogP contribution in [0.4, 0.5) is 0 Å². The van der Waals surface area contributed by atoms with Crippen molar-refractivity contribution < 1.29 is 9.47 Å². The molecule has 0 unspecified atom stereocenters. The number of methoxy groups -OCH3 is 2. The molecule has 0 aliphatic rings. The fourth-order valence-corrected chi connectivity index (χ4v) is 1.60. The van der Waals surface area contributed by atoms with Gasteiger partial charge in [0.1, 0.15) is 11.5 Å². The zero-order valence-corrected chi connectivity index (χ0v) is 11.2. The van der Waals surface area contributed by atoms with E-state index < -0.39 is 0 Å². The largest absolute Gasteiger partial charge is 0.497 e. The molecule has 0 fully saturated rings. The Hall–Kier alpha value is -0.700. The van der Waals surface area contributed by atoms with Crippen LogP contribution in [0.25, 0.3) is 0 Å². The lowest BCUT2D eigenvalue weighted by Crippen LogP contribution is -2.18. The average molecular weight is 273 g/mol. The summed E-state index contributed by atoms with van der Waals surface area (Å²) in [6, 6.07) is 5.97. The van der Waals surface area contributed by atoms with E-state index in [2.05, 4.69) is 29.8 Å². The van der Waals surface area contributed by atoms with Crippen molar-refractivity contribution in [2.75, 3.05) is 19.5 Å². The second-order valence-corrected chi connectivity index (χ2v) is 4.68. The molecule has 0 atom stereocenters. The Morgan fingerprint density at radius 1 is 1.07 bits per heavy atom. The van der Waals surface area contributed by atoms with Crippen molar-refractivity contribution in [1.82, 2.24) is 0 Å². The van der Waals surface area contributed by atoms with Crippen LogP contribution < -0.4 is 9.47 Å². The summed E-state index contributed by atoms with van der Waals surface area (Å²) in [6.07, 6.45) is 0. The maximum Gasteiger partial charge on any atom is 0.122 e. The first kappa shape index (κ1) is 12.4. The minimum Gasteiger partial charge on any atom is -0.497 e. The number of alkyl halides is 1. The van der Waals surface area contributed by atoms with Gasteiger partial charge in [-0.1, -0.05) is 29.8 Å². The maximum absolute atomic E-state index is 5.24. The van der Waals surface area contributed by atoms with E-state index in [1.54, 1.807) is 14.2 Å². The molecule has 0 aliphatic carbocycles. The van der Waals surface area contributed by atoms with Crippen molar-refractivity contribution >= 4 is 15.9 Å². The summed E-state index contributed by atoms with van der Waals surface area (Å²) in [5.41, 5.74) is 1.28. The monoisotopic (exact) mass is 272 g/mol. The fourth-order valence-electron chi connectivity index (χ4n) is 1.28. The Morgan fingerprint density at radius 3 is 1.87 bits per heavy atom. The van der Waals surface area contributed by atoms with Gasteiger partial charge in [0.15, 0.2) is 0 Å². The van der Waals surface area contributed by atoms with Gasteiger partial charge in [0, 0.05) is 11.4 Å². The molecule has 2 nitrogen and oxygen atoms in total. The van der Waals surface area contributed by atoms with Crippen LogP contribution in [-0.2, 0) is 5.41 Å². The summed E-state index contributed by atoms with van der Waals surface area (Å²) in [5, 5.41) is 0.899. The van der Waals surface area contributed by atoms with Gasteiger partial charge in [-0.25, -0.2) is 0 Å². The molecule has 0 spiro atoms. The second kappa shape index (κ2) is 4.88. The third kappa shape index (κ3) is 2.88. The molecule has 1 aromatic rings. The van der Waals surface area contributed by atoms with Crippen LogP contribution in [0.1, 0.15) is 19.4 Å². The highest BCUT2D eigenvalue weighted by Crippen LogP contribution is 2.32. The maximum atomic E-state index is 5.24. The van der Waals surface area contributed by atoms with Crippen LogP contribution in [0.3, 0.4) is 0 Å². The molecule has 0 radical (unpaired) electrons. The van der Waals surface area contributed by atoms with Gasteiger partial charge in [-0.2, -0.15) is 0 Å². The molecular weight excluding hydrogens is 256 g/mol. The molecule has 0 amide bonds. The minimum absolute atomic E-state index is 0.0713. The van der Waals surface area contributed by atoms with E-state index in [4.69, 9.17) is 9.47 Å². The Kier molecular flexibility index (Phi) is 4.03. The molecule has 0 N–H and O–H groups in total. The molecule has 0 aliphatic heterocycles. The Morgan fingerprint density at radius 2 is 1.53 bits per heavy atom. The van der Waals surface area contributed by atoms with E-state index in [-0.39, 0.29) is 5.41 Å². The third-order valence-electron chi connectivity index (χ3n) is 2.47. The average Bonchev–Trinajstić information content (AvgIpc) is 2.28. The van der Waals surface area contributed by atoms with E-state index in [9.17, 15) is 0 Å². The SMILES string of the molecule is COc1cc(OC)cc(C(C)(C)CBr)c1. The lowest BCUT2D eigenvalue weighted by atomic mass is 9.87. The molecule has 1 aromatic carbocycles. The topological polar surface area (TPSA) is 18.5 Å². The lowest BCUT2D eigenvalue weighted by molar-refractivity contribution is 0.391. The smallest absolute Gasteiger partial charge is 0.122 e. The molecule has 0 heterocycles. The van der Waals surface area contributed by atoms with Gasteiger partial charge in [-0.3, -0.25) is 0 Å². The van der Waals surface area contributed by atoms with Crippen molar-refractivity contribution in [3.63, 3.8) is 0 Å². The van der Waals surface area contributed by atoms with E-state index in [0.717, 1.165) is 16.8 Å². The zero-order valence-electron chi connectivity index (χ0n) is 9.63. The summed E-state index contributed by atoms with van der Waals surface area (Å²) in [5.74, 6) is 1.66. The van der Waals surface area contributed by atoms with Crippen LogP contribution >= 0.6 is 15.9 Å². The van der Waals surface area contributed by atoms with Gasteiger partial charge in [0.05, 0.1) is 14.2 Å². The van der Waals surface area contributed by atoms with Gasteiger partial charge >= 0.3 is 0 Å². The highest BCUT2D eigenvalue weighted by Gasteiger charge is 2.20. The van der Waals surface area contributed by atoms with Crippen molar-refractivity contribution in [3.8, 4) is 11.5 Å². The fraction of sp³-hybridized carbons (Fsp3) is 0.500. The quantitative estimate of drug-likeness (QED) is 0.783. The highest BCUT2D eigenvalue weighted by atomic mass is 79.9. The molecule has 3 heteroatoms. The molecule has 15 heavy (non-hydrogen) atoms. The van der Waals surface area contributed by atoms with Gasteiger partial charge in [0.2, 0.25) is 0 Å². The molecule has 0 saturated heterocycles. The molecule has 0 aromatic heterocycles. The normalized spacial score (nSPS) is 11.3. The Bertz CT molecular complexity index is 312. The molecular formula is C12H17BrO2. The lowest BCUT2D eigenvalue weighted by Gasteiger charge is -2.23. The Labute approximate surface area is 99.7 Å². The zero-order chi connectivity index (χ0) is 11.5. The van der Waals surface area contributed by atoms with Crippen LogP contribution in [0, 0.1) is 0 Å². The first-order valence-electron chi connectivity index (χ1n) is 4.83. The minimum atomic E-state index is 0.0713. The summed E-state index contributed by atoms with van der Waals surface area (Å²) >= 11 is 3.52. The van der Waals surface area contributed by atoms with Gasteiger partial charge in [-0.15, -0.1) is 0 Å². The number of rotatable bonds is 4. The van der Waals surface area contributed by atoms with Crippen molar-refractivity contribution in [2.24, 2.45) is 0 Å². The van der Waals surface area contributed by atoms with Crippen molar-refractivity contribution in [3.05, 3.63) is 23.8 Å². The predicted molar refractivity (Wildman–Crippen MR) is 66.4 cm³/mol.